The number of nitrogens with zero attached hydrogens (tertiary/aromatic N) is 4. The molecule has 2 aromatic heterocycles. The predicted octanol–water partition coefficient (Wildman–Crippen LogP) is 4.17. The Morgan fingerprint density at radius 2 is 1.85 bits per heavy atom. The van der Waals surface area contributed by atoms with Gasteiger partial charge in [0.1, 0.15) is 17.7 Å². The van der Waals surface area contributed by atoms with Gasteiger partial charge in [-0.25, -0.2) is 9.67 Å². The van der Waals surface area contributed by atoms with Crippen molar-refractivity contribution in [1.29, 1.82) is 0 Å². The second kappa shape index (κ2) is 11.5. The molecule has 10 heteroatoms. The number of carboxylic acid groups (broad SMARTS) is 1. The number of carboxylic acids is 1. The summed E-state index contributed by atoms with van der Waals surface area (Å²) in [6.07, 6.45) is 2.94. The van der Waals surface area contributed by atoms with Crippen molar-refractivity contribution in [3.05, 3.63) is 76.5 Å². The normalized spacial score (nSPS) is 11.9. The topological polar surface area (TPSA) is 131 Å². The third-order valence-corrected chi connectivity index (χ3v) is 6.88. The molecule has 0 fully saturated rings. The van der Waals surface area contributed by atoms with Gasteiger partial charge in [0, 0.05) is 41.8 Å². The molecule has 3 N–H and O–H groups in total. The zero-order chi connectivity index (χ0) is 28.3. The molecule has 0 radical (unpaired) electrons. The Morgan fingerprint density at radius 1 is 1.08 bits per heavy atom. The van der Waals surface area contributed by atoms with Crippen LogP contribution in [-0.4, -0.2) is 49.3 Å². The van der Waals surface area contributed by atoms with Crippen LogP contribution in [0, 0.1) is 20.8 Å². The average molecular weight is 531 g/mol. The fraction of sp³-hybridized carbons (Fsp3) is 0.345. The quantitative estimate of drug-likeness (QED) is 0.282. The van der Waals surface area contributed by atoms with Gasteiger partial charge in [0.05, 0.1) is 6.54 Å². The Bertz CT molecular complexity index is 1550. The highest BCUT2D eigenvalue weighted by atomic mass is 16.4. The summed E-state index contributed by atoms with van der Waals surface area (Å²) in [5, 5.41) is 20.2. The summed E-state index contributed by atoms with van der Waals surface area (Å²) in [7, 11) is 1.58. The molecular weight excluding hydrogens is 496 g/mol. The van der Waals surface area contributed by atoms with E-state index in [0.717, 1.165) is 33.4 Å². The van der Waals surface area contributed by atoms with Crippen molar-refractivity contribution in [3.63, 3.8) is 0 Å². The summed E-state index contributed by atoms with van der Waals surface area (Å²) < 4.78 is 3.68. The van der Waals surface area contributed by atoms with Crippen molar-refractivity contribution in [2.24, 2.45) is 0 Å². The van der Waals surface area contributed by atoms with Crippen LogP contribution in [-0.2, 0) is 22.6 Å². The van der Waals surface area contributed by atoms with Crippen molar-refractivity contribution >= 4 is 34.4 Å². The van der Waals surface area contributed by atoms with Gasteiger partial charge in [0.25, 0.3) is 5.91 Å². The van der Waals surface area contributed by atoms with Crippen molar-refractivity contribution in [3.8, 4) is 0 Å². The summed E-state index contributed by atoms with van der Waals surface area (Å²) in [6.45, 7) is 8.01. The summed E-state index contributed by atoms with van der Waals surface area (Å²) in [5.74, 6) is 0.215. The van der Waals surface area contributed by atoms with E-state index in [-0.39, 0.29) is 18.2 Å². The van der Waals surface area contributed by atoms with E-state index in [1.54, 1.807) is 19.2 Å². The molecule has 4 rings (SSSR count). The van der Waals surface area contributed by atoms with Crippen LogP contribution in [0.5, 0.6) is 0 Å². The number of hydrogen-bond acceptors (Lipinski definition) is 5. The minimum absolute atomic E-state index is 0.0469. The Morgan fingerprint density at radius 3 is 2.51 bits per heavy atom. The largest absolute Gasteiger partial charge is 0.481 e. The molecule has 2 heterocycles. The van der Waals surface area contributed by atoms with Crippen LogP contribution in [0.4, 0.5) is 5.69 Å². The maximum atomic E-state index is 13.6. The lowest BCUT2D eigenvalue weighted by Crippen LogP contribution is -2.24. The van der Waals surface area contributed by atoms with Gasteiger partial charge < -0.3 is 20.3 Å². The van der Waals surface area contributed by atoms with Crippen LogP contribution in [0.15, 0.2) is 42.6 Å². The van der Waals surface area contributed by atoms with Gasteiger partial charge in [-0.3, -0.25) is 14.4 Å². The summed E-state index contributed by atoms with van der Waals surface area (Å²) in [6, 6.07) is 10.7. The van der Waals surface area contributed by atoms with Crippen LogP contribution in [0.3, 0.4) is 0 Å². The van der Waals surface area contributed by atoms with Gasteiger partial charge in [-0.05, 0) is 75.4 Å². The average Bonchev–Trinajstić information content (AvgIpc) is 3.40. The fourth-order valence-electron chi connectivity index (χ4n) is 4.77. The van der Waals surface area contributed by atoms with Gasteiger partial charge in [0.2, 0.25) is 5.91 Å². The number of anilines is 1. The van der Waals surface area contributed by atoms with Gasteiger partial charge in [-0.1, -0.05) is 18.2 Å². The third kappa shape index (κ3) is 6.17. The molecule has 0 aliphatic carbocycles. The van der Waals surface area contributed by atoms with E-state index < -0.39 is 12.0 Å². The lowest BCUT2D eigenvalue weighted by molar-refractivity contribution is -0.137. The van der Waals surface area contributed by atoms with Crippen LogP contribution in [0.25, 0.3) is 10.9 Å². The molecule has 0 aliphatic rings. The number of rotatable bonds is 10. The van der Waals surface area contributed by atoms with Crippen LogP contribution >= 0.6 is 0 Å². The molecule has 0 saturated heterocycles. The van der Waals surface area contributed by atoms with Gasteiger partial charge >= 0.3 is 5.97 Å². The van der Waals surface area contributed by atoms with E-state index in [0.29, 0.717) is 36.5 Å². The lowest BCUT2D eigenvalue weighted by atomic mass is 10.0. The van der Waals surface area contributed by atoms with Gasteiger partial charge in [0.15, 0.2) is 0 Å². The molecule has 2 aromatic carbocycles. The number of hydrogen-bond donors (Lipinski definition) is 3. The number of aromatic nitrogens is 4. The van der Waals surface area contributed by atoms with Crippen molar-refractivity contribution < 1.29 is 19.5 Å². The molecule has 0 bridgehead atoms. The highest BCUT2D eigenvalue weighted by Gasteiger charge is 2.20. The first-order chi connectivity index (χ1) is 18.6. The molecule has 1 atom stereocenters. The second-order valence-electron chi connectivity index (χ2n) is 9.80. The molecule has 0 saturated carbocycles. The highest BCUT2D eigenvalue weighted by molar-refractivity contribution is 6.00. The van der Waals surface area contributed by atoms with Crippen molar-refractivity contribution in [1.82, 2.24) is 24.6 Å². The van der Waals surface area contributed by atoms with E-state index in [1.165, 1.54) is 0 Å². The molecule has 0 aliphatic heterocycles. The fourth-order valence-corrected chi connectivity index (χ4v) is 4.77. The third-order valence-electron chi connectivity index (χ3n) is 6.88. The zero-order valence-electron chi connectivity index (χ0n) is 22.9. The minimum atomic E-state index is -0.853. The smallest absolute Gasteiger partial charge is 0.303 e. The van der Waals surface area contributed by atoms with E-state index >= 15 is 0 Å². The number of carbonyl (C=O) groups excluding carboxylic acids is 2. The number of aliphatic carboxylic acids is 1. The Labute approximate surface area is 227 Å². The lowest BCUT2D eigenvalue weighted by Gasteiger charge is -2.18. The molecule has 204 valence electrons. The monoisotopic (exact) mass is 530 g/mol. The first-order valence-corrected chi connectivity index (χ1v) is 12.9. The Hall–Kier alpha value is -4.47. The first-order valence-electron chi connectivity index (χ1n) is 12.9. The van der Waals surface area contributed by atoms with E-state index in [1.807, 2.05) is 67.4 Å². The summed E-state index contributed by atoms with van der Waals surface area (Å²) in [4.78, 5) is 41.2. The minimum Gasteiger partial charge on any atom is -0.481 e. The maximum Gasteiger partial charge on any atom is 0.303 e. The molecule has 2 amide bonds. The Balaban J connectivity index is 1.64. The number of nitrogens with one attached hydrogen (secondary N) is 2. The van der Waals surface area contributed by atoms with Crippen molar-refractivity contribution in [2.75, 3.05) is 12.4 Å². The van der Waals surface area contributed by atoms with Crippen LogP contribution < -0.4 is 10.6 Å². The standard InChI is InChI=1S/C29H34N6O4/c1-17-15-34(26-14-23(29(39)30-5)11-12-24(17)26)18(2)28(38)32-25-13-21(16-35-20(4)31-19(3)33-35)9-10-22(25)7-6-8-27(36)37/h9-15,18H,6-8,16H2,1-5H3,(H,30,39)(H,32,38)(H,36,37). The number of aryl methyl sites for hydroxylation is 4. The van der Waals surface area contributed by atoms with Crippen LogP contribution in [0.1, 0.15) is 64.5 Å². The number of amides is 2. The van der Waals surface area contributed by atoms with Gasteiger partial charge in [-0.15, -0.1) is 0 Å². The highest BCUT2D eigenvalue weighted by Crippen LogP contribution is 2.28. The Kier molecular flexibility index (Phi) is 8.13. The molecule has 39 heavy (non-hydrogen) atoms. The van der Waals surface area contributed by atoms with E-state index in [2.05, 4.69) is 20.7 Å². The number of carbonyl (C=O) groups is 3. The first kappa shape index (κ1) is 27.6. The SMILES string of the molecule is CNC(=O)c1ccc2c(C)cn(C(C)C(=O)Nc3cc(Cn4nc(C)nc4C)ccc3CCCC(=O)O)c2c1. The second-order valence-corrected chi connectivity index (χ2v) is 9.80. The summed E-state index contributed by atoms with van der Waals surface area (Å²) in [5.41, 5.74) is 4.76. The van der Waals surface area contributed by atoms with E-state index in [4.69, 9.17) is 5.11 Å². The van der Waals surface area contributed by atoms with Crippen LogP contribution in [0.2, 0.25) is 0 Å². The summed E-state index contributed by atoms with van der Waals surface area (Å²) >= 11 is 0. The number of fused-ring (bicyclic) bond motifs is 1. The molecule has 4 aromatic rings. The molecule has 1 unspecified atom stereocenters. The maximum absolute atomic E-state index is 13.6. The zero-order valence-corrected chi connectivity index (χ0v) is 22.9. The molecule has 10 nitrogen and oxygen atoms in total. The van der Waals surface area contributed by atoms with Crippen molar-refractivity contribution in [2.45, 2.75) is 59.5 Å². The van der Waals surface area contributed by atoms with Gasteiger partial charge in [-0.2, -0.15) is 5.10 Å². The number of benzene rings is 2. The molecular formula is C29H34N6O4. The van der Waals surface area contributed by atoms with E-state index in [9.17, 15) is 14.4 Å². The molecule has 0 spiro atoms. The predicted molar refractivity (Wildman–Crippen MR) is 149 cm³/mol.